The van der Waals surface area contributed by atoms with Gasteiger partial charge in [0.1, 0.15) is 24.7 Å². The van der Waals surface area contributed by atoms with Gasteiger partial charge in [-0.2, -0.15) is 0 Å². The number of pyridine rings is 2. The molecule has 0 bridgehead atoms. The quantitative estimate of drug-likeness (QED) is 0.147. The van der Waals surface area contributed by atoms with Crippen molar-refractivity contribution in [1.82, 2.24) is 9.97 Å². The summed E-state index contributed by atoms with van der Waals surface area (Å²) in [6, 6.07) is 39.9. The lowest BCUT2D eigenvalue weighted by Gasteiger charge is -2.18. The van der Waals surface area contributed by atoms with Crippen LogP contribution in [0.3, 0.4) is 0 Å². The first-order chi connectivity index (χ1) is 21.1. The third kappa shape index (κ3) is 6.99. The van der Waals surface area contributed by atoms with Gasteiger partial charge >= 0.3 is 5.97 Å². The van der Waals surface area contributed by atoms with Crippen molar-refractivity contribution in [3.63, 3.8) is 0 Å². The summed E-state index contributed by atoms with van der Waals surface area (Å²) in [5.74, 6) is 1.06. The van der Waals surface area contributed by atoms with Gasteiger partial charge in [0.25, 0.3) is 0 Å². The Kier molecular flexibility index (Phi) is 8.55. The predicted octanol–water partition coefficient (Wildman–Crippen LogP) is 8.03. The number of carbonyl (C=O) groups excluding carboxylic acids is 1. The van der Waals surface area contributed by atoms with Gasteiger partial charge in [-0.15, -0.1) is 0 Å². The lowest BCUT2D eigenvalue weighted by Crippen LogP contribution is -2.12. The van der Waals surface area contributed by atoms with E-state index in [0.717, 1.165) is 55.8 Å². The third-order valence-corrected chi connectivity index (χ3v) is 7.33. The number of carbonyl (C=O) groups is 1. The highest BCUT2D eigenvalue weighted by Crippen LogP contribution is 2.31. The molecular formula is C37H32N2O4. The first kappa shape index (κ1) is 27.9. The Morgan fingerprint density at radius 3 is 1.53 bits per heavy atom. The van der Waals surface area contributed by atoms with E-state index in [1.807, 2.05) is 116 Å². The smallest absolute Gasteiger partial charge is 0.306 e. The summed E-state index contributed by atoms with van der Waals surface area (Å²) in [7, 11) is 0. The maximum atomic E-state index is 12.6. The maximum Gasteiger partial charge on any atom is 0.306 e. The average Bonchev–Trinajstić information content (AvgIpc) is 3.06. The molecule has 6 heteroatoms. The largest absolute Gasteiger partial charge is 0.487 e. The van der Waals surface area contributed by atoms with Gasteiger partial charge in [-0.3, -0.25) is 4.79 Å². The third-order valence-electron chi connectivity index (χ3n) is 7.33. The number of fused-ring (bicyclic) bond motifs is 2. The Labute approximate surface area is 250 Å². The predicted molar refractivity (Wildman–Crippen MR) is 168 cm³/mol. The van der Waals surface area contributed by atoms with E-state index in [4.69, 9.17) is 14.2 Å². The average molecular weight is 569 g/mol. The van der Waals surface area contributed by atoms with Gasteiger partial charge in [0, 0.05) is 16.7 Å². The first-order valence-electron chi connectivity index (χ1n) is 14.4. The topological polar surface area (TPSA) is 70.5 Å². The van der Waals surface area contributed by atoms with Crippen LogP contribution < -0.4 is 9.47 Å². The van der Waals surface area contributed by atoms with Crippen LogP contribution in [0.1, 0.15) is 41.8 Å². The second-order valence-corrected chi connectivity index (χ2v) is 10.3. The molecule has 0 unspecified atom stereocenters. The Balaban J connectivity index is 1.13. The molecule has 0 aliphatic rings. The fourth-order valence-electron chi connectivity index (χ4n) is 5.10. The van der Waals surface area contributed by atoms with E-state index in [2.05, 4.69) is 22.1 Å². The highest BCUT2D eigenvalue weighted by Gasteiger charge is 2.20. The zero-order valence-electron chi connectivity index (χ0n) is 24.0. The molecule has 0 aliphatic heterocycles. The van der Waals surface area contributed by atoms with Gasteiger partial charge in [0.2, 0.25) is 0 Å². The first-order valence-corrected chi connectivity index (χ1v) is 14.4. The molecule has 43 heavy (non-hydrogen) atoms. The normalized spacial score (nSPS) is 11.1. The minimum Gasteiger partial charge on any atom is -0.487 e. The lowest BCUT2D eigenvalue weighted by atomic mass is 9.88. The van der Waals surface area contributed by atoms with E-state index < -0.39 is 0 Å². The number of hydrogen-bond donors (Lipinski definition) is 0. The molecule has 2 heterocycles. The molecule has 0 spiro atoms. The van der Waals surface area contributed by atoms with Crippen molar-refractivity contribution in [2.45, 2.75) is 32.5 Å². The number of nitrogens with zero attached hydrogens (tertiary/aromatic N) is 2. The van der Waals surface area contributed by atoms with E-state index in [0.29, 0.717) is 19.8 Å². The second-order valence-electron chi connectivity index (χ2n) is 10.3. The van der Waals surface area contributed by atoms with Crippen molar-refractivity contribution in [1.29, 1.82) is 0 Å². The zero-order valence-corrected chi connectivity index (χ0v) is 24.0. The summed E-state index contributed by atoms with van der Waals surface area (Å²) in [4.78, 5) is 21.9. The van der Waals surface area contributed by atoms with Crippen molar-refractivity contribution in [2.24, 2.45) is 0 Å². The van der Waals surface area contributed by atoms with Crippen molar-refractivity contribution in [3.8, 4) is 11.5 Å². The molecule has 0 saturated carbocycles. The Hall–Kier alpha value is -5.23. The molecular weight excluding hydrogens is 536 g/mol. The van der Waals surface area contributed by atoms with Crippen molar-refractivity contribution < 1.29 is 19.0 Å². The Morgan fingerprint density at radius 1 is 0.605 bits per heavy atom. The minimum absolute atomic E-state index is 0.175. The molecule has 6 aromatic rings. The van der Waals surface area contributed by atoms with Gasteiger partial charge in [-0.25, -0.2) is 9.97 Å². The molecule has 0 saturated heterocycles. The minimum atomic E-state index is -0.238. The monoisotopic (exact) mass is 568 g/mol. The molecule has 0 fully saturated rings. The highest BCUT2D eigenvalue weighted by atomic mass is 16.5. The highest BCUT2D eigenvalue weighted by molar-refractivity contribution is 5.79. The molecule has 0 atom stereocenters. The Morgan fingerprint density at radius 2 is 1.07 bits per heavy atom. The molecule has 0 N–H and O–H groups in total. The molecule has 214 valence electrons. The van der Waals surface area contributed by atoms with Crippen LogP contribution in [0.5, 0.6) is 11.5 Å². The van der Waals surface area contributed by atoms with Crippen LogP contribution in [0.2, 0.25) is 0 Å². The maximum absolute atomic E-state index is 12.6. The van der Waals surface area contributed by atoms with Crippen LogP contribution in [-0.2, 0) is 22.7 Å². The summed E-state index contributed by atoms with van der Waals surface area (Å²) >= 11 is 0. The van der Waals surface area contributed by atoms with Crippen LogP contribution >= 0.6 is 0 Å². The van der Waals surface area contributed by atoms with Crippen LogP contribution in [-0.4, -0.2) is 22.5 Å². The van der Waals surface area contributed by atoms with E-state index in [1.54, 1.807) is 0 Å². The number of aromatic nitrogens is 2. The van der Waals surface area contributed by atoms with E-state index >= 15 is 0 Å². The van der Waals surface area contributed by atoms with E-state index in [-0.39, 0.29) is 18.3 Å². The second kappa shape index (κ2) is 13.2. The summed E-state index contributed by atoms with van der Waals surface area (Å²) in [5.41, 5.74) is 5.62. The molecule has 2 aromatic heterocycles. The summed E-state index contributed by atoms with van der Waals surface area (Å²) in [5, 5.41) is 2.20. The standard InChI is InChI=1S/C37H32N2O4/c1-2-41-37(40)23-34(26-13-19-32(20-14-26)42-24-30-17-11-28-7-3-5-9-35(28)38-30)27-15-21-33(22-16-27)43-25-31-18-12-29-8-4-6-10-36(29)39-31/h3-22,34H,2,23-25H2,1H3. The summed E-state index contributed by atoms with van der Waals surface area (Å²) in [6.45, 7) is 2.90. The van der Waals surface area contributed by atoms with Crippen molar-refractivity contribution >= 4 is 27.8 Å². The number of rotatable bonds is 11. The van der Waals surface area contributed by atoms with Crippen LogP contribution in [0.15, 0.2) is 121 Å². The van der Waals surface area contributed by atoms with Gasteiger partial charge in [0.15, 0.2) is 0 Å². The molecule has 6 rings (SSSR count). The molecule has 0 radical (unpaired) electrons. The number of ether oxygens (including phenoxy) is 3. The SMILES string of the molecule is CCOC(=O)CC(c1ccc(OCc2ccc3ccccc3n2)cc1)c1ccc(OCc2ccc3ccccc3n2)cc1. The number of hydrogen-bond acceptors (Lipinski definition) is 6. The molecule has 0 amide bonds. The summed E-state index contributed by atoms with van der Waals surface area (Å²) < 4.78 is 17.4. The van der Waals surface area contributed by atoms with Crippen LogP contribution in [0.25, 0.3) is 21.8 Å². The van der Waals surface area contributed by atoms with Crippen LogP contribution in [0.4, 0.5) is 0 Å². The van der Waals surface area contributed by atoms with Gasteiger partial charge in [0.05, 0.1) is 35.4 Å². The van der Waals surface area contributed by atoms with Crippen LogP contribution in [0, 0.1) is 0 Å². The zero-order chi connectivity index (χ0) is 29.4. The molecule has 6 nitrogen and oxygen atoms in total. The van der Waals surface area contributed by atoms with Gasteiger partial charge in [-0.05, 0) is 66.6 Å². The van der Waals surface area contributed by atoms with Crippen molar-refractivity contribution in [2.75, 3.05) is 6.61 Å². The Bertz CT molecular complexity index is 1710. The molecule has 4 aromatic carbocycles. The van der Waals surface area contributed by atoms with E-state index in [9.17, 15) is 4.79 Å². The fourth-order valence-corrected chi connectivity index (χ4v) is 5.10. The lowest BCUT2D eigenvalue weighted by molar-refractivity contribution is -0.143. The van der Waals surface area contributed by atoms with Crippen molar-refractivity contribution in [3.05, 3.63) is 144 Å². The summed E-state index contributed by atoms with van der Waals surface area (Å²) in [6.07, 6.45) is 0.232. The number of benzene rings is 4. The molecule has 0 aliphatic carbocycles. The fraction of sp³-hybridized carbons (Fsp3) is 0.162. The number of para-hydroxylation sites is 2. The van der Waals surface area contributed by atoms with Gasteiger partial charge < -0.3 is 14.2 Å². The van der Waals surface area contributed by atoms with E-state index in [1.165, 1.54) is 0 Å². The number of esters is 1. The van der Waals surface area contributed by atoms with Gasteiger partial charge in [-0.1, -0.05) is 72.8 Å².